The molecule has 0 spiro atoms. The number of benzene rings is 1. The van der Waals surface area contributed by atoms with Gasteiger partial charge in [-0.3, -0.25) is 0 Å². The van der Waals surface area contributed by atoms with Gasteiger partial charge in [0, 0.05) is 6.54 Å². The second-order valence-corrected chi connectivity index (χ2v) is 4.87. The molecule has 3 heteroatoms. The van der Waals surface area contributed by atoms with Crippen LogP contribution in [0.4, 0.5) is 10.1 Å². The Balaban J connectivity index is 2.02. The molecule has 0 bridgehead atoms. The van der Waals surface area contributed by atoms with Gasteiger partial charge in [-0.1, -0.05) is 13.3 Å². The van der Waals surface area contributed by atoms with Gasteiger partial charge in [-0.2, -0.15) is 5.26 Å². The molecular formula is C14H17FN2. The maximum Gasteiger partial charge on any atom is 0.147 e. The van der Waals surface area contributed by atoms with Crippen molar-refractivity contribution in [2.45, 2.75) is 32.6 Å². The molecule has 2 nitrogen and oxygen atoms in total. The fourth-order valence-corrected chi connectivity index (χ4v) is 2.34. The van der Waals surface area contributed by atoms with Gasteiger partial charge in [-0.05, 0) is 42.9 Å². The van der Waals surface area contributed by atoms with Gasteiger partial charge in [-0.15, -0.1) is 0 Å². The standard InChI is InChI=1S/C14H17FN2/c1-2-14(6-3-7-14)10-17-13-5-4-11(9-16)8-12(13)15/h4-5,8,17H,2-3,6-7,10H2,1H3. The lowest BCUT2D eigenvalue weighted by Gasteiger charge is -2.41. The van der Waals surface area contributed by atoms with Crippen LogP contribution in [0.25, 0.3) is 0 Å². The summed E-state index contributed by atoms with van der Waals surface area (Å²) in [7, 11) is 0. The van der Waals surface area contributed by atoms with E-state index in [1.54, 1.807) is 12.1 Å². The van der Waals surface area contributed by atoms with Gasteiger partial charge in [0.2, 0.25) is 0 Å². The number of rotatable bonds is 4. The number of nitrogens with zero attached hydrogens (tertiary/aromatic N) is 1. The zero-order chi connectivity index (χ0) is 12.3. The van der Waals surface area contributed by atoms with Crippen molar-refractivity contribution >= 4 is 5.69 Å². The lowest BCUT2D eigenvalue weighted by molar-refractivity contribution is 0.145. The molecular weight excluding hydrogens is 215 g/mol. The van der Waals surface area contributed by atoms with Gasteiger partial charge >= 0.3 is 0 Å². The lowest BCUT2D eigenvalue weighted by atomic mass is 9.67. The highest BCUT2D eigenvalue weighted by molar-refractivity contribution is 5.49. The van der Waals surface area contributed by atoms with Gasteiger partial charge in [-0.25, -0.2) is 4.39 Å². The van der Waals surface area contributed by atoms with Crippen molar-refractivity contribution in [2.75, 3.05) is 11.9 Å². The topological polar surface area (TPSA) is 35.8 Å². The van der Waals surface area contributed by atoms with Crippen LogP contribution in [0.1, 0.15) is 38.2 Å². The molecule has 0 atom stereocenters. The van der Waals surface area contributed by atoms with Crippen molar-refractivity contribution in [3.8, 4) is 6.07 Å². The van der Waals surface area contributed by atoms with Crippen LogP contribution in [0.2, 0.25) is 0 Å². The summed E-state index contributed by atoms with van der Waals surface area (Å²) in [4.78, 5) is 0. The van der Waals surface area contributed by atoms with Crippen LogP contribution in [-0.4, -0.2) is 6.54 Å². The van der Waals surface area contributed by atoms with Gasteiger partial charge < -0.3 is 5.32 Å². The van der Waals surface area contributed by atoms with Crippen LogP contribution in [-0.2, 0) is 0 Å². The smallest absolute Gasteiger partial charge is 0.147 e. The largest absolute Gasteiger partial charge is 0.382 e. The zero-order valence-electron chi connectivity index (χ0n) is 10.1. The molecule has 17 heavy (non-hydrogen) atoms. The number of halogens is 1. The first kappa shape index (κ1) is 11.9. The van der Waals surface area contributed by atoms with Crippen molar-refractivity contribution in [3.63, 3.8) is 0 Å². The third kappa shape index (κ3) is 2.41. The first-order valence-corrected chi connectivity index (χ1v) is 6.13. The summed E-state index contributed by atoms with van der Waals surface area (Å²) in [6.45, 7) is 3.02. The van der Waals surface area contributed by atoms with E-state index in [-0.39, 0.29) is 5.82 Å². The van der Waals surface area contributed by atoms with E-state index in [2.05, 4.69) is 12.2 Å². The third-order valence-electron chi connectivity index (χ3n) is 3.92. The Bertz CT molecular complexity index is 439. The van der Waals surface area contributed by atoms with Gasteiger partial charge in [0.25, 0.3) is 0 Å². The maximum atomic E-state index is 13.6. The summed E-state index contributed by atoms with van der Waals surface area (Å²) in [6, 6.07) is 6.50. The number of hydrogen-bond donors (Lipinski definition) is 1. The first-order valence-electron chi connectivity index (χ1n) is 6.13. The highest BCUT2D eigenvalue weighted by Gasteiger charge is 2.34. The first-order chi connectivity index (χ1) is 8.19. The molecule has 0 aromatic heterocycles. The fraction of sp³-hybridized carbons (Fsp3) is 0.500. The Hall–Kier alpha value is -1.56. The molecule has 1 aliphatic carbocycles. The third-order valence-corrected chi connectivity index (χ3v) is 3.92. The average molecular weight is 232 g/mol. The van der Waals surface area contributed by atoms with E-state index in [1.807, 2.05) is 6.07 Å². The van der Waals surface area contributed by atoms with E-state index in [4.69, 9.17) is 5.26 Å². The summed E-state index contributed by atoms with van der Waals surface area (Å²) in [5, 5.41) is 11.8. The molecule has 0 aliphatic heterocycles. The molecule has 1 saturated carbocycles. The second-order valence-electron chi connectivity index (χ2n) is 4.87. The lowest BCUT2D eigenvalue weighted by Crippen LogP contribution is -2.36. The number of nitriles is 1. The Kier molecular flexibility index (Phi) is 3.33. The van der Waals surface area contributed by atoms with E-state index in [0.717, 1.165) is 13.0 Å². The maximum absolute atomic E-state index is 13.6. The van der Waals surface area contributed by atoms with Crippen molar-refractivity contribution in [2.24, 2.45) is 5.41 Å². The number of nitrogens with one attached hydrogen (secondary N) is 1. The van der Waals surface area contributed by atoms with Gasteiger partial charge in [0.1, 0.15) is 5.82 Å². The fourth-order valence-electron chi connectivity index (χ4n) is 2.34. The average Bonchev–Trinajstić information content (AvgIpc) is 2.30. The minimum Gasteiger partial charge on any atom is -0.382 e. The normalized spacial score (nSPS) is 17.0. The van der Waals surface area contributed by atoms with Crippen molar-refractivity contribution in [1.82, 2.24) is 0 Å². The quantitative estimate of drug-likeness (QED) is 0.859. The van der Waals surface area contributed by atoms with E-state index in [1.165, 1.54) is 25.3 Å². The molecule has 0 radical (unpaired) electrons. The van der Waals surface area contributed by atoms with Gasteiger partial charge in [0.05, 0.1) is 17.3 Å². The molecule has 0 amide bonds. The molecule has 0 unspecified atom stereocenters. The Morgan fingerprint density at radius 2 is 2.24 bits per heavy atom. The van der Waals surface area contributed by atoms with Crippen molar-refractivity contribution < 1.29 is 4.39 Å². The molecule has 1 aromatic rings. The molecule has 1 aliphatic rings. The van der Waals surface area contributed by atoms with E-state index in [0.29, 0.717) is 16.7 Å². The SMILES string of the molecule is CCC1(CNc2ccc(C#N)cc2F)CCC1. The Morgan fingerprint density at radius 1 is 1.47 bits per heavy atom. The summed E-state index contributed by atoms with van der Waals surface area (Å²) in [5.41, 5.74) is 1.23. The number of anilines is 1. The molecule has 90 valence electrons. The molecule has 1 fully saturated rings. The Labute approximate surface area is 101 Å². The summed E-state index contributed by atoms with van der Waals surface area (Å²) in [6.07, 6.45) is 4.88. The second kappa shape index (κ2) is 4.75. The summed E-state index contributed by atoms with van der Waals surface area (Å²) in [5.74, 6) is -0.338. The minimum atomic E-state index is -0.338. The van der Waals surface area contributed by atoms with E-state index in [9.17, 15) is 4.39 Å². The minimum absolute atomic E-state index is 0.338. The van der Waals surface area contributed by atoms with Crippen LogP contribution in [0.5, 0.6) is 0 Å². The van der Waals surface area contributed by atoms with Crippen LogP contribution in [0, 0.1) is 22.6 Å². The zero-order valence-corrected chi connectivity index (χ0v) is 10.1. The van der Waals surface area contributed by atoms with Crippen molar-refractivity contribution in [3.05, 3.63) is 29.6 Å². The predicted molar refractivity (Wildman–Crippen MR) is 66.2 cm³/mol. The van der Waals surface area contributed by atoms with Gasteiger partial charge in [0.15, 0.2) is 0 Å². The molecule has 0 saturated heterocycles. The summed E-state index contributed by atoms with van der Waals surface area (Å²) >= 11 is 0. The Morgan fingerprint density at radius 3 is 2.71 bits per heavy atom. The van der Waals surface area contributed by atoms with Crippen LogP contribution in [0.15, 0.2) is 18.2 Å². The van der Waals surface area contributed by atoms with Crippen LogP contribution >= 0.6 is 0 Å². The summed E-state index contributed by atoms with van der Waals surface area (Å²) < 4.78 is 13.6. The molecule has 2 rings (SSSR count). The van der Waals surface area contributed by atoms with Crippen LogP contribution in [0.3, 0.4) is 0 Å². The molecule has 1 aromatic carbocycles. The number of hydrogen-bond acceptors (Lipinski definition) is 2. The highest BCUT2D eigenvalue weighted by Crippen LogP contribution is 2.43. The van der Waals surface area contributed by atoms with E-state index >= 15 is 0 Å². The van der Waals surface area contributed by atoms with Crippen molar-refractivity contribution in [1.29, 1.82) is 5.26 Å². The highest BCUT2D eigenvalue weighted by atomic mass is 19.1. The van der Waals surface area contributed by atoms with Crippen LogP contribution < -0.4 is 5.32 Å². The predicted octanol–water partition coefficient (Wildman–Crippen LogP) is 3.69. The molecule has 0 heterocycles. The van der Waals surface area contributed by atoms with E-state index < -0.39 is 0 Å². The molecule has 1 N–H and O–H groups in total. The monoisotopic (exact) mass is 232 g/mol.